The van der Waals surface area contributed by atoms with Crippen LogP contribution in [-0.2, 0) is 5.60 Å². The molecule has 20 heavy (non-hydrogen) atoms. The van der Waals surface area contributed by atoms with E-state index in [2.05, 4.69) is 10.3 Å². The predicted octanol–water partition coefficient (Wildman–Crippen LogP) is 2.74. The predicted molar refractivity (Wildman–Crippen MR) is 80.2 cm³/mol. The van der Waals surface area contributed by atoms with E-state index in [4.69, 9.17) is 11.6 Å². The molecule has 0 spiro atoms. The third kappa shape index (κ3) is 3.36. The Hall–Kier alpha value is -1.43. The van der Waals surface area contributed by atoms with Crippen molar-refractivity contribution in [3.8, 4) is 0 Å². The van der Waals surface area contributed by atoms with E-state index in [1.807, 2.05) is 16.8 Å². The van der Waals surface area contributed by atoms with Gasteiger partial charge in [0.2, 0.25) is 0 Å². The van der Waals surface area contributed by atoms with Crippen LogP contribution in [0.1, 0.15) is 28.5 Å². The molecule has 4 nitrogen and oxygen atoms in total. The summed E-state index contributed by atoms with van der Waals surface area (Å²) in [4.78, 5) is 16.1. The Morgan fingerprint density at radius 1 is 1.50 bits per heavy atom. The monoisotopic (exact) mass is 310 g/mol. The number of aryl methyl sites for hydroxylation is 1. The maximum absolute atomic E-state index is 12.1. The SMILES string of the molecule is Cc1nc(Cl)ccc1C(=O)NCC(C)(O)c1ccsc1. The molecule has 1 unspecified atom stereocenters. The summed E-state index contributed by atoms with van der Waals surface area (Å²) in [6, 6.07) is 5.03. The first-order valence-corrected chi connectivity index (χ1v) is 7.38. The lowest BCUT2D eigenvalue weighted by atomic mass is 9.99. The molecule has 2 aromatic rings. The van der Waals surface area contributed by atoms with Crippen molar-refractivity contribution in [3.63, 3.8) is 0 Å². The van der Waals surface area contributed by atoms with E-state index in [-0.39, 0.29) is 12.5 Å². The Labute approximate surface area is 126 Å². The number of thiophene rings is 1. The molecule has 2 rings (SSSR count). The number of carbonyl (C=O) groups is 1. The Bertz CT molecular complexity index is 612. The maximum atomic E-state index is 12.1. The van der Waals surface area contributed by atoms with E-state index in [1.165, 1.54) is 11.3 Å². The number of nitrogens with one attached hydrogen (secondary N) is 1. The van der Waals surface area contributed by atoms with Crippen LogP contribution in [0.3, 0.4) is 0 Å². The third-order valence-electron chi connectivity index (χ3n) is 3.03. The number of nitrogens with zero attached hydrogens (tertiary/aromatic N) is 1. The minimum Gasteiger partial charge on any atom is -0.384 e. The van der Waals surface area contributed by atoms with Crippen LogP contribution in [0.2, 0.25) is 5.15 Å². The van der Waals surface area contributed by atoms with E-state index in [0.717, 1.165) is 5.56 Å². The van der Waals surface area contributed by atoms with Crippen molar-refractivity contribution in [1.29, 1.82) is 0 Å². The minimum absolute atomic E-state index is 0.130. The number of hydrogen-bond acceptors (Lipinski definition) is 4. The number of rotatable bonds is 4. The average molecular weight is 311 g/mol. The molecule has 106 valence electrons. The number of hydrogen-bond donors (Lipinski definition) is 2. The minimum atomic E-state index is -1.09. The van der Waals surface area contributed by atoms with Gasteiger partial charge in [0.15, 0.2) is 0 Å². The fraction of sp³-hybridized carbons (Fsp3) is 0.286. The summed E-state index contributed by atoms with van der Waals surface area (Å²) in [5.41, 5.74) is 0.707. The average Bonchev–Trinajstić information content (AvgIpc) is 2.90. The summed E-state index contributed by atoms with van der Waals surface area (Å²) in [6.45, 7) is 3.52. The Morgan fingerprint density at radius 3 is 2.85 bits per heavy atom. The van der Waals surface area contributed by atoms with Crippen LogP contribution in [-0.4, -0.2) is 22.5 Å². The lowest BCUT2D eigenvalue weighted by Crippen LogP contribution is -2.38. The van der Waals surface area contributed by atoms with Crippen molar-refractivity contribution in [2.45, 2.75) is 19.4 Å². The first kappa shape index (κ1) is 15.0. The zero-order chi connectivity index (χ0) is 14.8. The number of aromatic nitrogens is 1. The second-order valence-corrected chi connectivity index (χ2v) is 5.90. The molecule has 0 aliphatic rings. The highest BCUT2D eigenvalue weighted by Gasteiger charge is 2.24. The molecule has 0 fully saturated rings. The quantitative estimate of drug-likeness (QED) is 0.854. The molecule has 0 saturated carbocycles. The largest absolute Gasteiger partial charge is 0.384 e. The third-order valence-corrected chi connectivity index (χ3v) is 3.93. The van der Waals surface area contributed by atoms with Crippen LogP contribution in [0.4, 0.5) is 0 Å². The summed E-state index contributed by atoms with van der Waals surface area (Å²) in [6.07, 6.45) is 0. The normalized spacial score (nSPS) is 13.8. The first-order chi connectivity index (χ1) is 9.40. The van der Waals surface area contributed by atoms with Gasteiger partial charge in [-0.3, -0.25) is 4.79 Å². The molecule has 0 aliphatic heterocycles. The molecule has 2 N–H and O–H groups in total. The van der Waals surface area contributed by atoms with Crippen molar-refractivity contribution in [3.05, 3.63) is 50.9 Å². The van der Waals surface area contributed by atoms with Gasteiger partial charge in [0.05, 0.1) is 17.8 Å². The van der Waals surface area contributed by atoms with Crippen molar-refractivity contribution in [1.82, 2.24) is 10.3 Å². The second kappa shape index (κ2) is 5.91. The van der Waals surface area contributed by atoms with Crippen molar-refractivity contribution in [2.24, 2.45) is 0 Å². The van der Waals surface area contributed by atoms with Gasteiger partial charge in [0, 0.05) is 0 Å². The molecule has 2 heterocycles. The number of halogens is 1. The van der Waals surface area contributed by atoms with E-state index < -0.39 is 5.60 Å². The highest BCUT2D eigenvalue weighted by atomic mass is 35.5. The molecule has 0 bridgehead atoms. The van der Waals surface area contributed by atoms with Crippen molar-refractivity contribution >= 4 is 28.8 Å². The van der Waals surface area contributed by atoms with Gasteiger partial charge in [0.1, 0.15) is 10.8 Å². The van der Waals surface area contributed by atoms with Gasteiger partial charge in [-0.25, -0.2) is 4.98 Å². The zero-order valence-electron chi connectivity index (χ0n) is 11.2. The molecule has 0 saturated heterocycles. The second-order valence-electron chi connectivity index (χ2n) is 4.74. The maximum Gasteiger partial charge on any atom is 0.253 e. The topological polar surface area (TPSA) is 62.2 Å². The van der Waals surface area contributed by atoms with Crippen LogP contribution >= 0.6 is 22.9 Å². The van der Waals surface area contributed by atoms with Crippen LogP contribution in [0.25, 0.3) is 0 Å². The Morgan fingerprint density at radius 2 is 2.25 bits per heavy atom. The molecule has 0 radical (unpaired) electrons. The van der Waals surface area contributed by atoms with Crippen LogP contribution < -0.4 is 5.32 Å². The molecular formula is C14H15ClN2O2S. The molecule has 6 heteroatoms. The smallest absolute Gasteiger partial charge is 0.253 e. The Kier molecular flexibility index (Phi) is 4.42. The lowest BCUT2D eigenvalue weighted by Gasteiger charge is -2.23. The Balaban J connectivity index is 2.05. The first-order valence-electron chi connectivity index (χ1n) is 6.06. The van der Waals surface area contributed by atoms with E-state index in [1.54, 1.807) is 26.0 Å². The zero-order valence-corrected chi connectivity index (χ0v) is 12.8. The van der Waals surface area contributed by atoms with Crippen molar-refractivity contribution < 1.29 is 9.90 Å². The van der Waals surface area contributed by atoms with E-state index >= 15 is 0 Å². The fourth-order valence-electron chi connectivity index (χ4n) is 1.79. The lowest BCUT2D eigenvalue weighted by molar-refractivity contribution is 0.0529. The molecular weight excluding hydrogens is 296 g/mol. The summed E-state index contributed by atoms with van der Waals surface area (Å²) in [7, 11) is 0. The van der Waals surface area contributed by atoms with Crippen LogP contribution in [0.15, 0.2) is 29.0 Å². The number of aliphatic hydroxyl groups is 1. The van der Waals surface area contributed by atoms with Crippen molar-refractivity contribution in [2.75, 3.05) is 6.54 Å². The standard InChI is InChI=1S/C14H15ClN2O2S/c1-9-11(3-4-12(15)17-9)13(18)16-8-14(2,19)10-5-6-20-7-10/h3-7,19H,8H2,1-2H3,(H,16,18). The van der Waals surface area contributed by atoms with Gasteiger partial charge in [-0.1, -0.05) is 11.6 Å². The fourth-order valence-corrected chi connectivity index (χ4v) is 2.76. The van der Waals surface area contributed by atoms with Gasteiger partial charge in [-0.05, 0) is 48.4 Å². The summed E-state index contributed by atoms with van der Waals surface area (Å²) in [5.74, 6) is -0.276. The van der Waals surface area contributed by atoms with Gasteiger partial charge >= 0.3 is 0 Å². The molecule has 0 aromatic carbocycles. The number of amides is 1. The van der Waals surface area contributed by atoms with Gasteiger partial charge in [0.25, 0.3) is 5.91 Å². The highest BCUT2D eigenvalue weighted by molar-refractivity contribution is 7.08. The van der Waals surface area contributed by atoms with Crippen LogP contribution in [0, 0.1) is 6.92 Å². The molecule has 0 aliphatic carbocycles. The highest BCUT2D eigenvalue weighted by Crippen LogP contribution is 2.22. The summed E-state index contributed by atoms with van der Waals surface area (Å²) < 4.78 is 0. The molecule has 2 aromatic heterocycles. The van der Waals surface area contributed by atoms with E-state index in [9.17, 15) is 9.90 Å². The number of carbonyl (C=O) groups excluding carboxylic acids is 1. The molecule has 1 amide bonds. The van der Waals surface area contributed by atoms with Gasteiger partial charge < -0.3 is 10.4 Å². The van der Waals surface area contributed by atoms with Gasteiger partial charge in [-0.2, -0.15) is 11.3 Å². The summed E-state index contributed by atoms with van der Waals surface area (Å²) >= 11 is 7.26. The van der Waals surface area contributed by atoms with Gasteiger partial charge in [-0.15, -0.1) is 0 Å². The number of pyridine rings is 1. The van der Waals surface area contributed by atoms with E-state index in [0.29, 0.717) is 16.4 Å². The van der Waals surface area contributed by atoms with Crippen LogP contribution in [0.5, 0.6) is 0 Å². The summed E-state index contributed by atoms with van der Waals surface area (Å²) in [5, 5.41) is 17.2. The molecule has 1 atom stereocenters.